The topological polar surface area (TPSA) is 78.9 Å². The predicted molar refractivity (Wildman–Crippen MR) is 80.0 cm³/mol. The monoisotopic (exact) mass is 377 g/mol. The Bertz CT molecular complexity index is 846. The standard InChI is InChI=1S/C14H8Cl2F3N3O2/c1-2-22-9(5-20)11(13(23)24)21-12(22)10-7(15)3-6(4-8(10)16)14(17,18)19/h3-4H,2H2,1H3,(H,23,24). The lowest BCUT2D eigenvalue weighted by Crippen LogP contribution is -2.06. The number of alkyl halides is 3. The highest BCUT2D eigenvalue weighted by Crippen LogP contribution is 2.40. The van der Waals surface area contributed by atoms with Crippen molar-refractivity contribution >= 4 is 29.2 Å². The summed E-state index contributed by atoms with van der Waals surface area (Å²) in [6.45, 7) is 1.76. The second kappa shape index (κ2) is 6.34. The van der Waals surface area contributed by atoms with Crippen molar-refractivity contribution in [2.24, 2.45) is 0 Å². The van der Waals surface area contributed by atoms with E-state index in [0.29, 0.717) is 12.1 Å². The number of carbonyl (C=O) groups is 1. The normalized spacial score (nSPS) is 11.4. The fraction of sp³-hybridized carbons (Fsp3) is 0.214. The highest BCUT2D eigenvalue weighted by Gasteiger charge is 2.33. The van der Waals surface area contributed by atoms with Crippen molar-refractivity contribution in [1.29, 1.82) is 5.26 Å². The Morgan fingerprint density at radius 3 is 2.29 bits per heavy atom. The van der Waals surface area contributed by atoms with Gasteiger partial charge in [0.25, 0.3) is 0 Å². The van der Waals surface area contributed by atoms with Crippen molar-refractivity contribution in [3.63, 3.8) is 0 Å². The first kappa shape index (κ1) is 18.1. The molecule has 0 unspecified atom stereocenters. The summed E-state index contributed by atoms with van der Waals surface area (Å²) in [5.74, 6) is -1.53. The zero-order chi connectivity index (χ0) is 18.2. The summed E-state index contributed by atoms with van der Waals surface area (Å²) >= 11 is 11.8. The van der Waals surface area contributed by atoms with Crippen LogP contribution in [-0.2, 0) is 12.7 Å². The average molecular weight is 378 g/mol. The van der Waals surface area contributed by atoms with Crippen LogP contribution >= 0.6 is 23.2 Å². The molecule has 0 aliphatic rings. The minimum absolute atomic E-state index is 0.0721. The molecule has 0 saturated heterocycles. The molecule has 0 bridgehead atoms. The van der Waals surface area contributed by atoms with Gasteiger partial charge in [-0.3, -0.25) is 0 Å². The summed E-state index contributed by atoms with van der Waals surface area (Å²) in [5, 5.41) is 17.6. The number of benzene rings is 1. The van der Waals surface area contributed by atoms with Gasteiger partial charge >= 0.3 is 12.1 Å². The van der Waals surface area contributed by atoms with Gasteiger partial charge in [-0.05, 0) is 19.1 Å². The molecule has 1 N–H and O–H groups in total. The van der Waals surface area contributed by atoms with Gasteiger partial charge in [-0.15, -0.1) is 0 Å². The molecule has 0 spiro atoms. The molecule has 1 aromatic carbocycles. The minimum Gasteiger partial charge on any atom is -0.476 e. The number of carboxylic acid groups (broad SMARTS) is 1. The summed E-state index contributed by atoms with van der Waals surface area (Å²) in [5.41, 5.74) is -1.89. The first-order chi connectivity index (χ1) is 11.1. The van der Waals surface area contributed by atoms with Crippen LogP contribution in [-0.4, -0.2) is 20.6 Å². The summed E-state index contributed by atoms with van der Waals surface area (Å²) in [6, 6.07) is 3.06. The lowest BCUT2D eigenvalue weighted by molar-refractivity contribution is -0.137. The van der Waals surface area contributed by atoms with E-state index >= 15 is 0 Å². The maximum Gasteiger partial charge on any atom is 0.416 e. The van der Waals surface area contributed by atoms with Crippen molar-refractivity contribution in [3.8, 4) is 17.5 Å². The molecule has 10 heteroatoms. The highest BCUT2D eigenvalue weighted by molar-refractivity contribution is 6.39. The van der Waals surface area contributed by atoms with Gasteiger partial charge in [0.15, 0.2) is 11.4 Å². The molecule has 0 fully saturated rings. The van der Waals surface area contributed by atoms with Crippen LogP contribution in [0.25, 0.3) is 11.4 Å². The number of hydrogen-bond acceptors (Lipinski definition) is 3. The quantitative estimate of drug-likeness (QED) is 0.855. The Hall–Kier alpha value is -2.24. The minimum atomic E-state index is -4.64. The smallest absolute Gasteiger partial charge is 0.416 e. The Labute approximate surface area is 143 Å². The Balaban J connectivity index is 2.79. The van der Waals surface area contributed by atoms with Crippen molar-refractivity contribution in [3.05, 3.63) is 39.1 Å². The number of aromatic nitrogens is 2. The summed E-state index contributed by atoms with van der Waals surface area (Å²) < 4.78 is 39.6. The van der Waals surface area contributed by atoms with Crippen molar-refractivity contribution < 1.29 is 23.1 Å². The van der Waals surface area contributed by atoms with Gasteiger partial charge in [-0.25, -0.2) is 9.78 Å². The number of rotatable bonds is 3. The number of carboxylic acids is 1. The molecule has 0 aliphatic carbocycles. The molecule has 0 atom stereocenters. The van der Waals surface area contributed by atoms with E-state index in [1.807, 2.05) is 0 Å². The van der Waals surface area contributed by atoms with E-state index in [-0.39, 0.29) is 33.7 Å². The van der Waals surface area contributed by atoms with E-state index in [2.05, 4.69) is 4.98 Å². The molecule has 5 nitrogen and oxygen atoms in total. The van der Waals surface area contributed by atoms with E-state index in [0.717, 1.165) is 0 Å². The number of hydrogen-bond donors (Lipinski definition) is 1. The molecule has 24 heavy (non-hydrogen) atoms. The largest absolute Gasteiger partial charge is 0.476 e. The molecular weight excluding hydrogens is 370 g/mol. The third-order valence-electron chi connectivity index (χ3n) is 3.19. The van der Waals surface area contributed by atoms with Crippen molar-refractivity contribution in [2.75, 3.05) is 0 Å². The van der Waals surface area contributed by atoms with E-state index in [4.69, 9.17) is 33.6 Å². The van der Waals surface area contributed by atoms with E-state index in [1.165, 1.54) is 4.57 Å². The van der Waals surface area contributed by atoms with Gasteiger partial charge in [-0.2, -0.15) is 18.4 Å². The van der Waals surface area contributed by atoms with Gasteiger partial charge in [0, 0.05) is 6.54 Å². The second-order valence-corrected chi connectivity index (χ2v) is 5.42. The number of nitriles is 1. The molecule has 0 aliphatic heterocycles. The van der Waals surface area contributed by atoms with E-state index < -0.39 is 23.4 Å². The lowest BCUT2D eigenvalue weighted by Gasteiger charge is -2.13. The van der Waals surface area contributed by atoms with Crippen LogP contribution in [0.2, 0.25) is 10.0 Å². The zero-order valence-electron chi connectivity index (χ0n) is 11.9. The molecule has 2 aromatic rings. The third-order valence-corrected chi connectivity index (χ3v) is 3.78. The van der Waals surface area contributed by atoms with Crippen LogP contribution in [0.3, 0.4) is 0 Å². The highest BCUT2D eigenvalue weighted by atomic mass is 35.5. The van der Waals surface area contributed by atoms with Crippen LogP contribution in [0.5, 0.6) is 0 Å². The van der Waals surface area contributed by atoms with Crippen LogP contribution in [0.4, 0.5) is 13.2 Å². The molecule has 2 rings (SSSR count). The average Bonchev–Trinajstić information content (AvgIpc) is 2.84. The van der Waals surface area contributed by atoms with E-state index in [1.54, 1.807) is 13.0 Å². The molecular formula is C14H8Cl2F3N3O2. The van der Waals surface area contributed by atoms with Crippen LogP contribution in [0.15, 0.2) is 12.1 Å². The van der Waals surface area contributed by atoms with Gasteiger partial charge in [0.05, 0.1) is 21.2 Å². The van der Waals surface area contributed by atoms with E-state index in [9.17, 15) is 18.0 Å². The summed E-state index contributed by atoms with van der Waals surface area (Å²) in [7, 11) is 0. The Morgan fingerprint density at radius 1 is 1.38 bits per heavy atom. The number of aromatic carboxylic acids is 1. The van der Waals surface area contributed by atoms with Crippen LogP contribution in [0.1, 0.15) is 28.7 Å². The summed E-state index contributed by atoms with van der Waals surface area (Å²) in [6.07, 6.45) is -4.64. The SMILES string of the molecule is CCn1c(-c2c(Cl)cc(C(F)(F)F)cc2Cl)nc(C(=O)O)c1C#N. The molecule has 1 heterocycles. The van der Waals surface area contributed by atoms with Crippen molar-refractivity contribution in [1.82, 2.24) is 9.55 Å². The number of halogens is 5. The first-order valence-corrected chi connectivity index (χ1v) is 7.17. The number of nitrogens with zero attached hydrogens (tertiary/aromatic N) is 3. The number of imidazole rings is 1. The fourth-order valence-corrected chi connectivity index (χ4v) is 2.82. The Kier molecular flexibility index (Phi) is 4.78. The van der Waals surface area contributed by atoms with Crippen LogP contribution in [0, 0.1) is 11.3 Å². The molecule has 0 amide bonds. The maximum atomic E-state index is 12.8. The zero-order valence-corrected chi connectivity index (χ0v) is 13.5. The van der Waals surface area contributed by atoms with Gasteiger partial charge in [-0.1, -0.05) is 23.2 Å². The van der Waals surface area contributed by atoms with Gasteiger partial charge < -0.3 is 9.67 Å². The molecule has 0 radical (unpaired) electrons. The predicted octanol–water partition coefficient (Wildman–Crippen LogP) is 4.47. The Morgan fingerprint density at radius 2 is 1.92 bits per heavy atom. The van der Waals surface area contributed by atoms with Crippen LogP contribution < -0.4 is 0 Å². The third kappa shape index (κ3) is 3.05. The van der Waals surface area contributed by atoms with Gasteiger partial charge in [0.2, 0.25) is 0 Å². The summed E-state index contributed by atoms with van der Waals surface area (Å²) in [4.78, 5) is 15.0. The van der Waals surface area contributed by atoms with Gasteiger partial charge in [0.1, 0.15) is 11.9 Å². The molecule has 1 aromatic heterocycles. The lowest BCUT2D eigenvalue weighted by atomic mass is 10.1. The maximum absolute atomic E-state index is 12.8. The second-order valence-electron chi connectivity index (χ2n) is 4.61. The fourth-order valence-electron chi connectivity index (χ4n) is 2.16. The van der Waals surface area contributed by atoms with Crippen molar-refractivity contribution in [2.45, 2.75) is 19.6 Å². The first-order valence-electron chi connectivity index (χ1n) is 6.42. The molecule has 126 valence electrons. The molecule has 0 saturated carbocycles.